The summed E-state index contributed by atoms with van der Waals surface area (Å²) in [6, 6.07) is 16.1. The summed E-state index contributed by atoms with van der Waals surface area (Å²) < 4.78 is 25.7. The second-order valence-corrected chi connectivity index (χ2v) is 7.97. The molecule has 6 heteroatoms. The van der Waals surface area contributed by atoms with Crippen molar-refractivity contribution in [2.24, 2.45) is 11.7 Å². The number of ether oxygens (including phenoxy) is 1. The molecule has 1 aliphatic carbocycles. The molecule has 0 spiro atoms. The molecule has 1 saturated carbocycles. The third-order valence-electron chi connectivity index (χ3n) is 5.82. The van der Waals surface area contributed by atoms with Crippen LogP contribution in [-0.4, -0.2) is 18.2 Å². The van der Waals surface area contributed by atoms with E-state index in [9.17, 15) is 9.18 Å². The molecule has 4 aromatic rings. The van der Waals surface area contributed by atoms with Crippen molar-refractivity contribution in [2.75, 3.05) is 7.11 Å². The van der Waals surface area contributed by atoms with Crippen LogP contribution in [0, 0.1) is 11.7 Å². The zero-order valence-electron chi connectivity index (χ0n) is 17.0. The van der Waals surface area contributed by atoms with Gasteiger partial charge in [-0.3, -0.25) is 4.79 Å². The van der Waals surface area contributed by atoms with Gasteiger partial charge in [0.15, 0.2) is 5.58 Å². The minimum atomic E-state index is -0.652. The number of methoxy groups -OCH3 is 1. The molecule has 0 saturated heterocycles. The van der Waals surface area contributed by atoms with Gasteiger partial charge in [0.1, 0.15) is 17.3 Å². The van der Waals surface area contributed by atoms with Gasteiger partial charge in [-0.25, -0.2) is 4.39 Å². The average molecular weight is 416 g/mol. The van der Waals surface area contributed by atoms with Gasteiger partial charge in [0, 0.05) is 16.5 Å². The van der Waals surface area contributed by atoms with Crippen LogP contribution >= 0.6 is 0 Å². The van der Waals surface area contributed by atoms with Gasteiger partial charge < -0.3 is 15.0 Å². The van der Waals surface area contributed by atoms with Crippen LogP contribution in [0.15, 0.2) is 59.1 Å². The summed E-state index contributed by atoms with van der Waals surface area (Å²) >= 11 is 0. The highest BCUT2D eigenvalue weighted by molar-refractivity contribution is 5.96. The Bertz CT molecular complexity index is 1290. The first kappa shape index (κ1) is 19.3. The number of carbonyl (C=O) groups is 1. The third-order valence-corrected chi connectivity index (χ3v) is 5.82. The summed E-state index contributed by atoms with van der Waals surface area (Å²) in [5.74, 6) is 0.206. The number of amides is 1. The molecule has 5 rings (SSSR count). The summed E-state index contributed by atoms with van der Waals surface area (Å²) in [5, 5.41) is 5.09. The molecule has 1 amide bonds. The first-order chi connectivity index (χ1) is 15.0. The number of hydrogen-bond acceptors (Lipinski definition) is 4. The number of carbonyl (C=O) groups excluding carboxylic acids is 1. The van der Waals surface area contributed by atoms with Crippen molar-refractivity contribution in [1.29, 1.82) is 0 Å². The Hall–Kier alpha value is -3.67. The van der Waals surface area contributed by atoms with Crippen molar-refractivity contribution >= 4 is 16.9 Å². The average Bonchev–Trinajstić information content (AvgIpc) is 3.50. The van der Waals surface area contributed by atoms with Crippen molar-refractivity contribution in [3.8, 4) is 28.1 Å². The Morgan fingerprint density at radius 2 is 1.87 bits per heavy atom. The topological polar surface area (TPSA) is 78.3 Å². The van der Waals surface area contributed by atoms with Crippen molar-refractivity contribution < 1.29 is 18.4 Å². The Kier molecular flexibility index (Phi) is 4.70. The Morgan fingerprint density at radius 3 is 2.55 bits per heavy atom. The first-order valence-electron chi connectivity index (χ1n) is 10.2. The molecule has 0 atom stereocenters. The van der Waals surface area contributed by atoms with Gasteiger partial charge >= 0.3 is 0 Å². The number of primary amides is 1. The fraction of sp³-hybridized carbons (Fsp3) is 0.200. The van der Waals surface area contributed by atoms with Crippen LogP contribution in [0.3, 0.4) is 0 Å². The summed E-state index contributed by atoms with van der Waals surface area (Å²) in [6.07, 6.45) is 2.84. The fourth-order valence-corrected chi connectivity index (χ4v) is 3.92. The van der Waals surface area contributed by atoms with Gasteiger partial charge in [-0.2, -0.15) is 0 Å². The number of rotatable bonds is 6. The van der Waals surface area contributed by atoms with E-state index in [1.807, 2.05) is 42.5 Å². The zero-order chi connectivity index (χ0) is 21.5. The van der Waals surface area contributed by atoms with Crippen LogP contribution in [-0.2, 0) is 6.42 Å². The molecule has 0 unspecified atom stereocenters. The summed E-state index contributed by atoms with van der Waals surface area (Å²) in [7, 11) is 1.62. The molecule has 5 nitrogen and oxygen atoms in total. The molecular formula is C25H21FN2O3. The fourth-order valence-electron chi connectivity index (χ4n) is 3.92. The van der Waals surface area contributed by atoms with Gasteiger partial charge in [-0.05, 0) is 90.4 Å². The summed E-state index contributed by atoms with van der Waals surface area (Å²) in [6.45, 7) is 0. The smallest absolute Gasteiger partial charge is 0.248 e. The van der Waals surface area contributed by atoms with Gasteiger partial charge in [-0.15, -0.1) is 0 Å². The summed E-state index contributed by atoms with van der Waals surface area (Å²) in [5.41, 5.74) is 9.85. The number of halogens is 1. The highest BCUT2D eigenvalue weighted by Crippen LogP contribution is 2.39. The van der Waals surface area contributed by atoms with Crippen molar-refractivity contribution in [2.45, 2.75) is 19.3 Å². The SMILES string of the molecule is COc1ccc(-c2noc3cc(-c4cc(C(N)=O)cc(F)c4CC4CC4)ccc23)cc1. The van der Waals surface area contributed by atoms with E-state index in [-0.39, 0.29) is 5.56 Å². The standard InChI is InChI=1S/C25H21FN2O3/c1-30-18-7-4-15(5-8-18)24-19-9-6-16(13-23(19)31-28-24)20-11-17(25(27)29)12-22(26)21(20)10-14-2-3-14/h4-9,11-14H,2-3,10H2,1H3,(H2,27,29). The normalized spacial score (nSPS) is 13.5. The maximum absolute atomic E-state index is 14.9. The van der Waals surface area contributed by atoms with Crippen LogP contribution < -0.4 is 10.5 Å². The van der Waals surface area contributed by atoms with Crippen molar-refractivity contribution in [3.63, 3.8) is 0 Å². The lowest BCUT2D eigenvalue weighted by Gasteiger charge is -2.13. The largest absolute Gasteiger partial charge is 0.497 e. The molecule has 2 N–H and O–H groups in total. The number of fused-ring (bicyclic) bond motifs is 1. The van der Waals surface area contributed by atoms with Gasteiger partial charge in [0.25, 0.3) is 0 Å². The number of hydrogen-bond donors (Lipinski definition) is 1. The molecular weight excluding hydrogens is 395 g/mol. The zero-order valence-corrected chi connectivity index (χ0v) is 17.0. The second-order valence-electron chi connectivity index (χ2n) is 7.97. The summed E-state index contributed by atoms with van der Waals surface area (Å²) in [4.78, 5) is 11.7. The van der Waals surface area contributed by atoms with E-state index in [1.165, 1.54) is 6.07 Å². The quantitative estimate of drug-likeness (QED) is 0.459. The maximum Gasteiger partial charge on any atom is 0.248 e. The molecule has 1 aliphatic rings. The van der Waals surface area contributed by atoms with E-state index in [2.05, 4.69) is 5.16 Å². The van der Waals surface area contributed by atoms with Gasteiger partial charge in [0.2, 0.25) is 5.91 Å². The first-order valence-corrected chi connectivity index (χ1v) is 10.2. The maximum atomic E-state index is 14.9. The lowest BCUT2D eigenvalue weighted by Crippen LogP contribution is -2.12. The van der Waals surface area contributed by atoms with Crippen LogP contribution in [0.25, 0.3) is 33.4 Å². The predicted molar refractivity (Wildman–Crippen MR) is 116 cm³/mol. The number of aromatic nitrogens is 1. The lowest BCUT2D eigenvalue weighted by molar-refractivity contribution is 0.1000. The van der Waals surface area contributed by atoms with Crippen LogP contribution in [0.2, 0.25) is 0 Å². The number of nitrogens with zero attached hydrogens (tertiary/aromatic N) is 1. The Balaban J connectivity index is 1.60. The van der Waals surface area contributed by atoms with Crippen LogP contribution in [0.5, 0.6) is 5.75 Å². The predicted octanol–water partition coefficient (Wildman–Crippen LogP) is 5.36. The van der Waals surface area contributed by atoms with Crippen LogP contribution in [0.1, 0.15) is 28.8 Å². The van der Waals surface area contributed by atoms with Gasteiger partial charge in [-0.1, -0.05) is 11.2 Å². The van der Waals surface area contributed by atoms with E-state index in [0.29, 0.717) is 29.0 Å². The number of benzene rings is 3. The van der Waals surface area contributed by atoms with Crippen molar-refractivity contribution in [1.82, 2.24) is 5.16 Å². The highest BCUT2D eigenvalue weighted by atomic mass is 19.1. The Morgan fingerprint density at radius 1 is 1.13 bits per heavy atom. The van der Waals surface area contributed by atoms with E-state index >= 15 is 0 Å². The second kappa shape index (κ2) is 7.54. The molecule has 1 fully saturated rings. The molecule has 31 heavy (non-hydrogen) atoms. The molecule has 3 aromatic carbocycles. The minimum absolute atomic E-state index is 0.156. The molecule has 0 bridgehead atoms. The molecule has 1 aromatic heterocycles. The number of nitrogens with two attached hydrogens (primary N) is 1. The lowest BCUT2D eigenvalue weighted by atomic mass is 9.92. The third kappa shape index (κ3) is 3.65. The van der Waals surface area contributed by atoms with E-state index in [1.54, 1.807) is 13.2 Å². The van der Waals surface area contributed by atoms with E-state index < -0.39 is 11.7 Å². The van der Waals surface area contributed by atoms with Gasteiger partial charge in [0.05, 0.1) is 7.11 Å². The molecule has 1 heterocycles. The van der Waals surface area contributed by atoms with E-state index in [4.69, 9.17) is 15.0 Å². The van der Waals surface area contributed by atoms with Crippen LogP contribution in [0.4, 0.5) is 4.39 Å². The monoisotopic (exact) mass is 416 g/mol. The minimum Gasteiger partial charge on any atom is -0.497 e. The Labute approximate surface area is 178 Å². The molecule has 0 radical (unpaired) electrons. The van der Waals surface area contributed by atoms with E-state index in [0.717, 1.165) is 40.8 Å². The molecule has 0 aliphatic heterocycles. The highest BCUT2D eigenvalue weighted by Gasteiger charge is 2.26. The van der Waals surface area contributed by atoms with Crippen molar-refractivity contribution in [3.05, 3.63) is 71.5 Å². The molecule has 156 valence electrons.